The molecule has 6 aromatic rings. The molecule has 0 saturated carbocycles. The Morgan fingerprint density at radius 3 is 2.06 bits per heavy atom. The van der Waals surface area contributed by atoms with E-state index >= 15 is 0 Å². The lowest BCUT2D eigenvalue weighted by Gasteiger charge is -2.41. The van der Waals surface area contributed by atoms with Gasteiger partial charge in [0.25, 0.3) is 5.22 Å². The van der Waals surface area contributed by atoms with Crippen molar-refractivity contribution >= 4 is 11.8 Å². The van der Waals surface area contributed by atoms with Gasteiger partial charge < -0.3 is 24.7 Å². The van der Waals surface area contributed by atoms with Crippen LogP contribution in [-0.4, -0.2) is 21.9 Å². The summed E-state index contributed by atoms with van der Waals surface area (Å²) in [7, 11) is 0. The minimum atomic E-state index is -0.587. The van der Waals surface area contributed by atoms with Crippen LogP contribution in [0.2, 0.25) is 0 Å². The third kappa shape index (κ3) is 7.02. The SMILES string of the molecule is C[C@H]1[C@@H](CSc2nc(-c3ccccc3)c(-c3ccccc3)o2)O[C@@H](c2cccc(-c3cccc(CN)c3)c2)O[C@H]1c1ccc(CO)cc1. The maximum absolute atomic E-state index is 9.65. The van der Waals surface area contributed by atoms with Crippen molar-refractivity contribution in [3.63, 3.8) is 0 Å². The van der Waals surface area contributed by atoms with Crippen LogP contribution in [0.15, 0.2) is 143 Å². The summed E-state index contributed by atoms with van der Waals surface area (Å²) in [6.45, 7) is 2.65. The van der Waals surface area contributed by atoms with Gasteiger partial charge in [0.05, 0.1) is 18.8 Å². The zero-order valence-corrected chi connectivity index (χ0v) is 27.6. The first-order valence-corrected chi connectivity index (χ1v) is 17.2. The molecule has 1 aromatic heterocycles. The molecule has 7 heteroatoms. The second-order valence-electron chi connectivity index (χ2n) is 12.1. The van der Waals surface area contributed by atoms with Crippen molar-refractivity contribution in [3.05, 3.63) is 156 Å². The molecule has 1 aliphatic heterocycles. The summed E-state index contributed by atoms with van der Waals surface area (Å²) in [6, 6.07) is 44.9. The lowest BCUT2D eigenvalue weighted by molar-refractivity contribution is -0.268. The van der Waals surface area contributed by atoms with Gasteiger partial charge >= 0.3 is 0 Å². The highest BCUT2D eigenvalue weighted by atomic mass is 32.2. The number of aliphatic hydroxyl groups is 1. The molecule has 0 unspecified atom stereocenters. The first-order chi connectivity index (χ1) is 23.6. The van der Waals surface area contributed by atoms with Crippen LogP contribution < -0.4 is 5.73 Å². The Balaban J connectivity index is 1.19. The van der Waals surface area contributed by atoms with E-state index in [0.29, 0.717) is 17.5 Å². The van der Waals surface area contributed by atoms with Crippen LogP contribution >= 0.6 is 11.8 Å². The van der Waals surface area contributed by atoms with Gasteiger partial charge in [0, 0.05) is 34.9 Å². The quantitative estimate of drug-likeness (QED) is 0.142. The molecule has 4 atom stereocenters. The van der Waals surface area contributed by atoms with Crippen LogP contribution in [0.4, 0.5) is 0 Å². The molecule has 5 aromatic carbocycles. The highest BCUT2D eigenvalue weighted by Crippen LogP contribution is 2.44. The molecule has 3 N–H and O–H groups in total. The van der Waals surface area contributed by atoms with Crippen molar-refractivity contribution in [1.29, 1.82) is 0 Å². The largest absolute Gasteiger partial charge is 0.431 e. The number of hydrogen-bond donors (Lipinski definition) is 2. The fourth-order valence-corrected chi connectivity index (χ4v) is 7.13. The van der Waals surface area contributed by atoms with E-state index in [-0.39, 0.29) is 24.7 Å². The molecule has 2 heterocycles. The molecule has 48 heavy (non-hydrogen) atoms. The Morgan fingerprint density at radius 1 is 0.688 bits per heavy atom. The van der Waals surface area contributed by atoms with E-state index in [1.165, 1.54) is 0 Å². The van der Waals surface area contributed by atoms with Crippen molar-refractivity contribution in [2.45, 2.75) is 43.8 Å². The maximum atomic E-state index is 9.65. The van der Waals surface area contributed by atoms with Gasteiger partial charge in [-0.2, -0.15) is 0 Å². The maximum Gasteiger partial charge on any atom is 0.256 e. The van der Waals surface area contributed by atoms with Gasteiger partial charge in [0.2, 0.25) is 0 Å². The Morgan fingerprint density at radius 2 is 1.35 bits per heavy atom. The molecule has 242 valence electrons. The summed E-state index contributed by atoms with van der Waals surface area (Å²) >= 11 is 1.56. The van der Waals surface area contributed by atoms with E-state index in [2.05, 4.69) is 49.4 Å². The van der Waals surface area contributed by atoms with Crippen molar-refractivity contribution in [2.24, 2.45) is 11.7 Å². The highest BCUT2D eigenvalue weighted by molar-refractivity contribution is 7.99. The molecule has 0 bridgehead atoms. The zero-order chi connectivity index (χ0) is 32.9. The summed E-state index contributed by atoms with van der Waals surface area (Å²) in [5.74, 6) is 1.39. The molecule has 0 radical (unpaired) electrons. The molecule has 1 aliphatic rings. The average Bonchev–Trinajstić information content (AvgIpc) is 3.60. The first kappa shape index (κ1) is 32.1. The van der Waals surface area contributed by atoms with E-state index in [4.69, 9.17) is 24.6 Å². The normalized spacial score (nSPS) is 19.3. The third-order valence-electron chi connectivity index (χ3n) is 8.84. The van der Waals surface area contributed by atoms with E-state index in [1.807, 2.05) is 91.0 Å². The number of ether oxygens (including phenoxy) is 2. The van der Waals surface area contributed by atoms with Gasteiger partial charge in [0.1, 0.15) is 5.69 Å². The smallest absolute Gasteiger partial charge is 0.256 e. The van der Waals surface area contributed by atoms with Crippen LogP contribution in [-0.2, 0) is 22.6 Å². The van der Waals surface area contributed by atoms with Crippen molar-refractivity contribution in [3.8, 4) is 33.7 Å². The number of oxazole rings is 1. The first-order valence-electron chi connectivity index (χ1n) is 16.2. The minimum Gasteiger partial charge on any atom is -0.431 e. The lowest BCUT2D eigenvalue weighted by Crippen LogP contribution is -2.38. The van der Waals surface area contributed by atoms with Crippen molar-refractivity contribution in [1.82, 2.24) is 4.98 Å². The Labute approximate surface area is 285 Å². The Bertz CT molecular complexity index is 1890. The number of hydrogen-bond acceptors (Lipinski definition) is 7. The van der Waals surface area contributed by atoms with Crippen LogP contribution in [0.25, 0.3) is 33.7 Å². The van der Waals surface area contributed by atoms with E-state index in [9.17, 15) is 5.11 Å². The summed E-state index contributed by atoms with van der Waals surface area (Å²) in [5.41, 5.74) is 14.8. The summed E-state index contributed by atoms with van der Waals surface area (Å²) in [6.07, 6.45) is -0.986. The van der Waals surface area contributed by atoms with Gasteiger partial charge in [-0.1, -0.05) is 140 Å². The number of rotatable bonds is 10. The predicted octanol–water partition coefficient (Wildman–Crippen LogP) is 9.21. The van der Waals surface area contributed by atoms with Gasteiger partial charge in [-0.3, -0.25) is 0 Å². The van der Waals surface area contributed by atoms with E-state index in [0.717, 1.165) is 56.0 Å². The molecular formula is C41H38N2O4S. The molecular weight excluding hydrogens is 617 g/mol. The average molecular weight is 655 g/mol. The molecule has 0 spiro atoms. The molecule has 1 fully saturated rings. The van der Waals surface area contributed by atoms with E-state index < -0.39 is 6.29 Å². The highest BCUT2D eigenvalue weighted by Gasteiger charge is 2.39. The molecule has 0 aliphatic carbocycles. The van der Waals surface area contributed by atoms with Crippen LogP contribution in [0.5, 0.6) is 0 Å². The number of aromatic nitrogens is 1. The molecule has 0 amide bonds. The second-order valence-corrected chi connectivity index (χ2v) is 13.0. The molecule has 6 nitrogen and oxygen atoms in total. The second kappa shape index (κ2) is 14.7. The summed E-state index contributed by atoms with van der Waals surface area (Å²) in [5, 5.41) is 10.2. The van der Waals surface area contributed by atoms with Gasteiger partial charge in [-0.25, -0.2) is 4.98 Å². The fraction of sp³-hybridized carbons (Fsp3) is 0.195. The number of aliphatic hydroxyl groups excluding tert-OH is 1. The fourth-order valence-electron chi connectivity index (χ4n) is 6.15. The van der Waals surface area contributed by atoms with Gasteiger partial charge in [0.15, 0.2) is 12.1 Å². The molecule has 1 saturated heterocycles. The van der Waals surface area contributed by atoms with Crippen LogP contribution in [0.3, 0.4) is 0 Å². The number of nitrogens with two attached hydrogens (primary N) is 1. The van der Waals surface area contributed by atoms with Gasteiger partial charge in [-0.15, -0.1) is 0 Å². The monoisotopic (exact) mass is 654 g/mol. The summed E-state index contributed by atoms with van der Waals surface area (Å²) in [4.78, 5) is 4.98. The number of thioether (sulfide) groups is 1. The number of nitrogens with zero attached hydrogens (tertiary/aromatic N) is 1. The summed E-state index contributed by atoms with van der Waals surface area (Å²) < 4.78 is 20.0. The Kier molecular flexibility index (Phi) is 9.84. The van der Waals surface area contributed by atoms with Crippen molar-refractivity contribution < 1.29 is 19.0 Å². The standard InChI is InChI=1S/C41H38N2O4S/c1-27-36(26-48-41-43-37(30-11-4-2-5-12-30)39(47-41)31-13-6-3-7-14-31)45-40(46-38(27)32-20-18-28(25-44)19-21-32)35-17-9-16-34(23-35)33-15-8-10-29(22-33)24-42/h2-23,27,36,38,40,44H,24-26,42H2,1H3/t27-,36+,38+,40+/m0/s1. The van der Waals surface area contributed by atoms with E-state index in [1.54, 1.807) is 11.8 Å². The van der Waals surface area contributed by atoms with Crippen molar-refractivity contribution in [2.75, 3.05) is 5.75 Å². The minimum absolute atomic E-state index is 0.00338. The third-order valence-corrected chi connectivity index (χ3v) is 9.76. The zero-order valence-electron chi connectivity index (χ0n) is 26.7. The topological polar surface area (TPSA) is 90.7 Å². The Hall–Kier alpha value is -4.50. The van der Waals surface area contributed by atoms with Gasteiger partial charge in [-0.05, 0) is 39.9 Å². The molecule has 7 rings (SSSR count). The lowest BCUT2D eigenvalue weighted by atomic mass is 9.91. The van der Waals surface area contributed by atoms with Crippen LogP contribution in [0, 0.1) is 5.92 Å². The predicted molar refractivity (Wildman–Crippen MR) is 191 cm³/mol. The number of benzene rings is 5. The van der Waals surface area contributed by atoms with Crippen LogP contribution in [0.1, 0.15) is 41.6 Å².